The van der Waals surface area contributed by atoms with E-state index in [0.717, 1.165) is 0 Å². The highest BCUT2D eigenvalue weighted by Crippen LogP contribution is 2.45. The van der Waals surface area contributed by atoms with Crippen molar-refractivity contribution in [2.24, 2.45) is 5.41 Å². The maximum absolute atomic E-state index is 12.3. The third kappa shape index (κ3) is 2.98. The zero-order valence-corrected chi connectivity index (χ0v) is 12.6. The van der Waals surface area contributed by atoms with Crippen LogP contribution < -0.4 is 0 Å². The number of ether oxygens (including phenoxy) is 2. The quantitative estimate of drug-likeness (QED) is 0.469. The van der Waals surface area contributed by atoms with Gasteiger partial charge in [0.2, 0.25) is 0 Å². The number of methoxy groups -OCH3 is 2. The van der Waals surface area contributed by atoms with E-state index in [9.17, 15) is 19.7 Å². The predicted molar refractivity (Wildman–Crippen MR) is 81.3 cm³/mol. The Balaban J connectivity index is 2.44. The lowest BCUT2D eigenvalue weighted by Crippen LogP contribution is -2.33. The van der Waals surface area contributed by atoms with E-state index in [1.807, 2.05) is 0 Å². The summed E-state index contributed by atoms with van der Waals surface area (Å²) in [5, 5.41) is 10.7. The number of carbonyl (C=O) groups excluding carboxylic acids is 2. The van der Waals surface area contributed by atoms with Crippen molar-refractivity contribution in [3.63, 3.8) is 0 Å². The molecule has 1 aromatic rings. The molecule has 0 aromatic heterocycles. The van der Waals surface area contributed by atoms with Crippen LogP contribution in [0.5, 0.6) is 0 Å². The first-order valence-electron chi connectivity index (χ1n) is 6.74. The number of allylic oxidation sites excluding steroid dienone is 2. The fourth-order valence-electron chi connectivity index (χ4n) is 2.55. The predicted octanol–water partition coefficient (Wildman–Crippen LogP) is 2.27. The Hall–Kier alpha value is -2.96. The summed E-state index contributed by atoms with van der Waals surface area (Å²) in [6.07, 6.45) is 4.69. The molecule has 0 radical (unpaired) electrons. The van der Waals surface area contributed by atoms with Crippen molar-refractivity contribution in [2.45, 2.75) is 6.42 Å². The molecule has 0 N–H and O–H groups in total. The van der Waals surface area contributed by atoms with Gasteiger partial charge < -0.3 is 9.47 Å². The molecule has 23 heavy (non-hydrogen) atoms. The number of carbonyl (C=O) groups is 2. The standard InChI is InChI=1S/C16H15NO6/c1-22-14(18)10-16(15(19)23-2)9-3-4-13(16)11-5-7-12(8-6-11)17(20)21/h3-9H,10H2,1-2H3/t16-/m1/s1. The Morgan fingerprint density at radius 3 is 2.35 bits per heavy atom. The number of non-ortho nitro benzene ring substituents is 1. The molecular formula is C16H15NO6. The van der Waals surface area contributed by atoms with Gasteiger partial charge in [0.25, 0.3) is 5.69 Å². The largest absolute Gasteiger partial charge is 0.469 e. The van der Waals surface area contributed by atoms with E-state index >= 15 is 0 Å². The molecular weight excluding hydrogens is 302 g/mol. The lowest BCUT2D eigenvalue weighted by Gasteiger charge is -2.27. The van der Waals surface area contributed by atoms with Gasteiger partial charge in [0.1, 0.15) is 5.41 Å². The summed E-state index contributed by atoms with van der Waals surface area (Å²) >= 11 is 0. The molecule has 0 saturated carbocycles. The van der Waals surface area contributed by atoms with Crippen LogP contribution in [0.25, 0.3) is 5.57 Å². The van der Waals surface area contributed by atoms with Crippen LogP contribution in [0.4, 0.5) is 5.69 Å². The van der Waals surface area contributed by atoms with Crippen molar-refractivity contribution in [1.29, 1.82) is 0 Å². The molecule has 2 rings (SSSR count). The van der Waals surface area contributed by atoms with Crippen LogP contribution in [0, 0.1) is 15.5 Å². The maximum atomic E-state index is 12.3. The SMILES string of the molecule is COC(=O)C[C@]1(C(=O)OC)C=CC=C1c1ccc([N+](=O)[O-])cc1. The van der Waals surface area contributed by atoms with Crippen molar-refractivity contribution in [3.05, 3.63) is 58.2 Å². The summed E-state index contributed by atoms with van der Waals surface area (Å²) in [4.78, 5) is 34.3. The fourth-order valence-corrected chi connectivity index (χ4v) is 2.55. The van der Waals surface area contributed by atoms with E-state index in [2.05, 4.69) is 4.74 Å². The minimum atomic E-state index is -1.29. The van der Waals surface area contributed by atoms with Crippen molar-refractivity contribution >= 4 is 23.2 Å². The molecule has 0 bridgehead atoms. The van der Waals surface area contributed by atoms with Crippen LogP contribution in [-0.2, 0) is 19.1 Å². The van der Waals surface area contributed by atoms with Crippen LogP contribution in [0.1, 0.15) is 12.0 Å². The molecule has 1 atom stereocenters. The molecule has 7 nitrogen and oxygen atoms in total. The van der Waals surface area contributed by atoms with Crippen molar-refractivity contribution in [2.75, 3.05) is 14.2 Å². The van der Waals surface area contributed by atoms with E-state index in [0.29, 0.717) is 11.1 Å². The molecule has 7 heteroatoms. The van der Waals surface area contributed by atoms with Gasteiger partial charge in [0.05, 0.1) is 25.6 Å². The van der Waals surface area contributed by atoms with Gasteiger partial charge in [-0.1, -0.05) is 18.2 Å². The minimum absolute atomic E-state index is 0.0584. The lowest BCUT2D eigenvalue weighted by atomic mass is 9.76. The summed E-state index contributed by atoms with van der Waals surface area (Å²) in [5.41, 5.74) is -0.227. The first-order valence-corrected chi connectivity index (χ1v) is 6.74. The van der Waals surface area contributed by atoms with Gasteiger partial charge in [0, 0.05) is 12.1 Å². The van der Waals surface area contributed by atoms with Crippen LogP contribution >= 0.6 is 0 Å². The second-order valence-electron chi connectivity index (χ2n) is 4.96. The Labute approximate surface area is 132 Å². The Morgan fingerprint density at radius 1 is 1.17 bits per heavy atom. The minimum Gasteiger partial charge on any atom is -0.469 e. The van der Waals surface area contributed by atoms with Gasteiger partial charge in [-0.3, -0.25) is 19.7 Å². The summed E-state index contributed by atoms with van der Waals surface area (Å²) in [6.45, 7) is 0. The molecule has 1 aliphatic rings. The van der Waals surface area contributed by atoms with Gasteiger partial charge in [-0.2, -0.15) is 0 Å². The van der Waals surface area contributed by atoms with Gasteiger partial charge in [-0.05, 0) is 23.3 Å². The first-order chi connectivity index (χ1) is 10.9. The van der Waals surface area contributed by atoms with Crippen LogP contribution in [0.2, 0.25) is 0 Å². The van der Waals surface area contributed by atoms with E-state index in [1.165, 1.54) is 38.5 Å². The van der Waals surface area contributed by atoms with E-state index in [-0.39, 0.29) is 12.1 Å². The van der Waals surface area contributed by atoms with Gasteiger partial charge in [-0.25, -0.2) is 0 Å². The molecule has 0 unspecified atom stereocenters. The second kappa shape index (κ2) is 6.43. The summed E-state index contributed by atoms with van der Waals surface area (Å²) in [7, 11) is 2.47. The second-order valence-corrected chi connectivity index (χ2v) is 4.96. The molecule has 0 heterocycles. The smallest absolute Gasteiger partial charge is 0.320 e. The Kier molecular flexibility index (Phi) is 4.59. The Bertz CT molecular complexity index is 704. The maximum Gasteiger partial charge on any atom is 0.320 e. The number of nitro groups is 1. The van der Waals surface area contributed by atoms with Gasteiger partial charge in [0.15, 0.2) is 0 Å². The number of esters is 2. The number of nitro benzene ring substituents is 1. The normalized spacial score (nSPS) is 19.1. The Morgan fingerprint density at radius 2 is 1.83 bits per heavy atom. The number of nitrogens with zero attached hydrogens (tertiary/aromatic N) is 1. The molecule has 0 amide bonds. The zero-order chi connectivity index (χ0) is 17.0. The highest BCUT2D eigenvalue weighted by Gasteiger charge is 2.45. The average Bonchev–Trinajstić information content (AvgIpc) is 2.98. The van der Waals surface area contributed by atoms with Crippen molar-refractivity contribution < 1.29 is 24.0 Å². The number of hydrogen-bond acceptors (Lipinski definition) is 6. The third-order valence-corrected chi connectivity index (χ3v) is 3.71. The monoisotopic (exact) mass is 317 g/mol. The zero-order valence-electron chi connectivity index (χ0n) is 12.6. The van der Waals surface area contributed by atoms with E-state index < -0.39 is 22.3 Å². The molecule has 0 spiro atoms. The molecule has 120 valence electrons. The molecule has 0 fully saturated rings. The number of rotatable bonds is 5. The first kappa shape index (κ1) is 16.4. The highest BCUT2D eigenvalue weighted by atomic mass is 16.6. The molecule has 0 saturated heterocycles. The third-order valence-electron chi connectivity index (χ3n) is 3.71. The molecule has 0 aliphatic heterocycles. The highest BCUT2D eigenvalue weighted by molar-refractivity contribution is 6.00. The van der Waals surface area contributed by atoms with Gasteiger partial charge >= 0.3 is 11.9 Å². The topological polar surface area (TPSA) is 95.7 Å². The van der Waals surface area contributed by atoms with Gasteiger partial charge in [-0.15, -0.1) is 0 Å². The lowest BCUT2D eigenvalue weighted by molar-refractivity contribution is -0.384. The number of hydrogen-bond donors (Lipinski definition) is 0. The summed E-state index contributed by atoms with van der Waals surface area (Å²) < 4.78 is 9.52. The van der Waals surface area contributed by atoms with Crippen molar-refractivity contribution in [1.82, 2.24) is 0 Å². The summed E-state index contributed by atoms with van der Waals surface area (Å²) in [6, 6.07) is 5.75. The van der Waals surface area contributed by atoms with E-state index in [1.54, 1.807) is 18.2 Å². The summed E-state index contributed by atoms with van der Waals surface area (Å²) in [5.74, 6) is -1.16. The van der Waals surface area contributed by atoms with Crippen LogP contribution in [0.15, 0.2) is 42.5 Å². The fraction of sp³-hybridized carbons (Fsp3) is 0.250. The average molecular weight is 317 g/mol. The van der Waals surface area contributed by atoms with Crippen LogP contribution in [-0.4, -0.2) is 31.1 Å². The molecule has 1 aliphatic carbocycles. The number of benzene rings is 1. The van der Waals surface area contributed by atoms with Crippen LogP contribution in [0.3, 0.4) is 0 Å². The van der Waals surface area contributed by atoms with E-state index in [4.69, 9.17) is 4.74 Å². The molecule has 1 aromatic carbocycles. The van der Waals surface area contributed by atoms with Crippen molar-refractivity contribution in [3.8, 4) is 0 Å².